The lowest BCUT2D eigenvalue weighted by atomic mass is 10.2. The maximum Gasteiger partial charge on any atom is 0.238 e. The fourth-order valence-corrected chi connectivity index (χ4v) is 3.26. The predicted octanol–water partition coefficient (Wildman–Crippen LogP) is 2.83. The minimum absolute atomic E-state index is 0.0890. The van der Waals surface area contributed by atoms with E-state index in [9.17, 15) is 14.7 Å². The summed E-state index contributed by atoms with van der Waals surface area (Å²) in [5, 5.41) is 14.3. The first-order valence-corrected chi connectivity index (χ1v) is 7.65. The highest BCUT2D eigenvalue weighted by molar-refractivity contribution is 8.01. The predicted molar refractivity (Wildman–Crippen MR) is 86.1 cm³/mol. The van der Waals surface area contributed by atoms with E-state index in [2.05, 4.69) is 10.6 Å². The molecule has 1 aliphatic heterocycles. The number of thioether (sulfide) groups is 1. The van der Waals surface area contributed by atoms with E-state index in [4.69, 9.17) is 0 Å². The van der Waals surface area contributed by atoms with Gasteiger partial charge in [0.1, 0.15) is 5.75 Å². The Hall–Kier alpha value is -2.47. The maximum atomic E-state index is 12.1. The number of aromatic hydroxyl groups is 1. The molecule has 3 rings (SSSR count). The van der Waals surface area contributed by atoms with Gasteiger partial charge in [-0.3, -0.25) is 9.59 Å². The summed E-state index contributed by atoms with van der Waals surface area (Å²) in [6, 6.07) is 13.7. The van der Waals surface area contributed by atoms with E-state index in [0.717, 1.165) is 10.6 Å². The van der Waals surface area contributed by atoms with Crippen LogP contribution in [0.2, 0.25) is 0 Å². The van der Waals surface area contributed by atoms with Crippen LogP contribution in [-0.2, 0) is 9.59 Å². The van der Waals surface area contributed by atoms with Crippen molar-refractivity contribution in [1.82, 2.24) is 0 Å². The second-order valence-corrected chi connectivity index (χ2v) is 6.14. The SMILES string of the molecule is O=C(C[C@H]1Sc2ccccc2NC1=O)Nc1ccc(O)cc1. The topological polar surface area (TPSA) is 78.4 Å². The standard InChI is InChI=1S/C16H14N2O3S/c19-11-7-5-10(6-8-11)17-15(20)9-14-16(21)18-12-3-1-2-4-13(12)22-14/h1-8,14,19H,9H2,(H,17,20)(H,18,21)/t14-/m1/s1. The van der Waals surface area contributed by atoms with E-state index < -0.39 is 5.25 Å². The molecular weight excluding hydrogens is 300 g/mol. The van der Waals surface area contributed by atoms with Crippen molar-refractivity contribution >= 4 is 35.0 Å². The lowest BCUT2D eigenvalue weighted by Crippen LogP contribution is -2.32. The molecule has 0 saturated heterocycles. The van der Waals surface area contributed by atoms with Gasteiger partial charge in [0.25, 0.3) is 0 Å². The number of amides is 2. The molecular formula is C16H14N2O3S. The Morgan fingerprint density at radius 3 is 2.68 bits per heavy atom. The van der Waals surface area contributed by atoms with Crippen LogP contribution in [-0.4, -0.2) is 22.2 Å². The van der Waals surface area contributed by atoms with Crippen LogP contribution in [0.3, 0.4) is 0 Å². The minimum atomic E-state index is -0.452. The van der Waals surface area contributed by atoms with Crippen LogP contribution < -0.4 is 10.6 Å². The molecule has 0 aliphatic carbocycles. The third-order valence-corrected chi connectivity index (χ3v) is 4.50. The second kappa shape index (κ2) is 6.11. The number of para-hydroxylation sites is 1. The zero-order valence-electron chi connectivity index (χ0n) is 11.6. The molecule has 0 unspecified atom stereocenters. The molecule has 1 heterocycles. The van der Waals surface area contributed by atoms with E-state index in [1.165, 1.54) is 23.9 Å². The lowest BCUT2D eigenvalue weighted by Gasteiger charge is -2.23. The van der Waals surface area contributed by atoms with Crippen LogP contribution in [0.5, 0.6) is 5.75 Å². The van der Waals surface area contributed by atoms with Gasteiger partial charge in [0.05, 0.1) is 10.9 Å². The summed E-state index contributed by atoms with van der Waals surface area (Å²) in [5.41, 5.74) is 1.37. The van der Waals surface area contributed by atoms with Gasteiger partial charge in [-0.25, -0.2) is 0 Å². The average Bonchev–Trinajstić information content (AvgIpc) is 2.50. The van der Waals surface area contributed by atoms with E-state index in [0.29, 0.717) is 5.69 Å². The van der Waals surface area contributed by atoms with Crippen molar-refractivity contribution < 1.29 is 14.7 Å². The number of phenolic OH excluding ortho intramolecular Hbond substituents is 1. The number of phenols is 1. The van der Waals surface area contributed by atoms with Crippen LogP contribution in [0.15, 0.2) is 53.4 Å². The zero-order chi connectivity index (χ0) is 15.5. The number of nitrogens with one attached hydrogen (secondary N) is 2. The molecule has 112 valence electrons. The van der Waals surface area contributed by atoms with Gasteiger partial charge in [0.2, 0.25) is 11.8 Å². The van der Waals surface area contributed by atoms with Gasteiger partial charge in [-0.1, -0.05) is 12.1 Å². The highest BCUT2D eigenvalue weighted by Gasteiger charge is 2.28. The quantitative estimate of drug-likeness (QED) is 0.761. The van der Waals surface area contributed by atoms with Crippen LogP contribution in [0, 0.1) is 0 Å². The summed E-state index contributed by atoms with van der Waals surface area (Å²) >= 11 is 1.39. The van der Waals surface area contributed by atoms with Crippen molar-refractivity contribution in [3.05, 3.63) is 48.5 Å². The molecule has 0 spiro atoms. The van der Waals surface area contributed by atoms with Crippen molar-refractivity contribution in [1.29, 1.82) is 0 Å². The number of hydrogen-bond donors (Lipinski definition) is 3. The summed E-state index contributed by atoms with van der Waals surface area (Å²) in [6.45, 7) is 0. The number of rotatable bonds is 3. The Bertz CT molecular complexity index is 716. The molecule has 0 saturated carbocycles. The molecule has 3 N–H and O–H groups in total. The average molecular weight is 314 g/mol. The Morgan fingerprint density at radius 1 is 1.18 bits per heavy atom. The van der Waals surface area contributed by atoms with Gasteiger partial charge in [0, 0.05) is 17.0 Å². The first-order chi connectivity index (χ1) is 10.6. The number of anilines is 2. The number of benzene rings is 2. The minimum Gasteiger partial charge on any atom is -0.508 e. The molecule has 2 aromatic rings. The van der Waals surface area contributed by atoms with Crippen molar-refractivity contribution in [2.75, 3.05) is 10.6 Å². The smallest absolute Gasteiger partial charge is 0.238 e. The normalized spacial score (nSPS) is 16.5. The fraction of sp³-hybridized carbons (Fsp3) is 0.125. The fourth-order valence-electron chi connectivity index (χ4n) is 2.15. The number of carbonyl (C=O) groups is 2. The van der Waals surface area contributed by atoms with Gasteiger partial charge in [-0.15, -0.1) is 11.8 Å². The molecule has 2 aromatic carbocycles. The largest absolute Gasteiger partial charge is 0.508 e. The first kappa shape index (κ1) is 14.5. The van der Waals surface area contributed by atoms with E-state index >= 15 is 0 Å². The Balaban J connectivity index is 1.64. The number of fused-ring (bicyclic) bond motifs is 1. The van der Waals surface area contributed by atoms with Crippen molar-refractivity contribution in [2.45, 2.75) is 16.6 Å². The van der Waals surface area contributed by atoms with E-state index in [1.54, 1.807) is 12.1 Å². The third-order valence-electron chi connectivity index (χ3n) is 3.23. The van der Waals surface area contributed by atoms with Gasteiger partial charge < -0.3 is 15.7 Å². The summed E-state index contributed by atoms with van der Waals surface area (Å²) in [4.78, 5) is 25.1. The van der Waals surface area contributed by atoms with Gasteiger partial charge >= 0.3 is 0 Å². The molecule has 0 radical (unpaired) electrons. The number of carbonyl (C=O) groups excluding carboxylic acids is 2. The highest BCUT2D eigenvalue weighted by atomic mass is 32.2. The molecule has 6 heteroatoms. The zero-order valence-corrected chi connectivity index (χ0v) is 12.4. The van der Waals surface area contributed by atoms with Crippen LogP contribution >= 0.6 is 11.8 Å². The Labute approximate surface area is 131 Å². The summed E-state index contributed by atoms with van der Waals surface area (Å²) < 4.78 is 0. The van der Waals surface area contributed by atoms with Gasteiger partial charge in [-0.2, -0.15) is 0 Å². The lowest BCUT2D eigenvalue weighted by molar-refractivity contribution is -0.120. The van der Waals surface area contributed by atoms with Crippen molar-refractivity contribution in [3.8, 4) is 5.75 Å². The second-order valence-electron chi connectivity index (χ2n) is 4.89. The molecule has 0 fully saturated rings. The Kier molecular flexibility index (Phi) is 4.02. The molecule has 22 heavy (non-hydrogen) atoms. The summed E-state index contributed by atoms with van der Waals surface area (Å²) in [5.74, 6) is -0.265. The van der Waals surface area contributed by atoms with Crippen molar-refractivity contribution in [3.63, 3.8) is 0 Å². The van der Waals surface area contributed by atoms with Crippen LogP contribution in [0.4, 0.5) is 11.4 Å². The third kappa shape index (κ3) is 3.23. The first-order valence-electron chi connectivity index (χ1n) is 6.77. The molecule has 5 nitrogen and oxygen atoms in total. The summed E-state index contributed by atoms with van der Waals surface area (Å²) in [7, 11) is 0. The Morgan fingerprint density at radius 2 is 1.91 bits per heavy atom. The number of hydrogen-bond acceptors (Lipinski definition) is 4. The van der Waals surface area contributed by atoms with Crippen LogP contribution in [0.1, 0.15) is 6.42 Å². The molecule has 2 amide bonds. The molecule has 1 aliphatic rings. The van der Waals surface area contributed by atoms with Crippen LogP contribution in [0.25, 0.3) is 0 Å². The molecule has 1 atom stereocenters. The maximum absolute atomic E-state index is 12.1. The van der Waals surface area contributed by atoms with Crippen molar-refractivity contribution in [2.24, 2.45) is 0 Å². The highest BCUT2D eigenvalue weighted by Crippen LogP contribution is 2.36. The van der Waals surface area contributed by atoms with Gasteiger partial charge in [0.15, 0.2) is 0 Å². The molecule has 0 bridgehead atoms. The van der Waals surface area contributed by atoms with E-state index in [1.807, 2.05) is 24.3 Å². The van der Waals surface area contributed by atoms with Gasteiger partial charge in [-0.05, 0) is 36.4 Å². The summed E-state index contributed by atoms with van der Waals surface area (Å²) in [6.07, 6.45) is 0.0890. The monoisotopic (exact) mass is 314 g/mol. The van der Waals surface area contributed by atoms with E-state index in [-0.39, 0.29) is 24.0 Å². The molecule has 0 aromatic heterocycles.